The first-order valence-corrected chi connectivity index (χ1v) is 22.1. The van der Waals surface area contributed by atoms with Crippen molar-refractivity contribution in [1.29, 1.82) is 0 Å². The number of hydrogen-bond acceptors (Lipinski definition) is 5. The van der Waals surface area contributed by atoms with Gasteiger partial charge in [-0.05, 0) is 69.8 Å². The van der Waals surface area contributed by atoms with E-state index in [1.54, 1.807) is 0 Å². The normalized spacial score (nSPS) is 16.3. The average molecular weight is 722 g/mol. The quantitative estimate of drug-likeness (QED) is 0.0403. The summed E-state index contributed by atoms with van der Waals surface area (Å²) in [5.41, 5.74) is 1.21. The van der Waals surface area contributed by atoms with E-state index >= 15 is 0 Å². The standard InChI is InChI=1S/C47H79NO4/c1-3-5-7-9-11-13-15-17-19-21-23-25-27-29-34-38-46(49)51-44-41-48(40-43-36-32-31-33-37-43)42-45(44)52-47(50)39-35-30-28-26-24-22-20-18-16-14-12-10-8-6-4-2/h17-20,31-33,36-37,44-45H,3-16,21-30,34-35,38-42H2,1-2H3/t44-,45-/m1/s1. The zero-order valence-electron chi connectivity index (χ0n) is 33.9. The van der Waals surface area contributed by atoms with E-state index in [-0.39, 0.29) is 11.9 Å². The summed E-state index contributed by atoms with van der Waals surface area (Å²) in [6.07, 6.45) is 41.6. The molecule has 1 aliphatic heterocycles. The van der Waals surface area contributed by atoms with Crippen LogP contribution >= 0.6 is 0 Å². The van der Waals surface area contributed by atoms with Crippen LogP contribution in [-0.4, -0.2) is 42.1 Å². The fourth-order valence-electron chi connectivity index (χ4n) is 7.15. The Morgan fingerprint density at radius 1 is 0.519 bits per heavy atom. The highest BCUT2D eigenvalue weighted by Gasteiger charge is 2.38. The van der Waals surface area contributed by atoms with Crippen molar-refractivity contribution in [3.8, 4) is 0 Å². The molecule has 1 fully saturated rings. The van der Waals surface area contributed by atoms with Crippen LogP contribution in [0.5, 0.6) is 0 Å². The van der Waals surface area contributed by atoms with Crippen LogP contribution in [0.1, 0.15) is 199 Å². The number of carbonyl (C=O) groups excluding carboxylic acids is 2. The third kappa shape index (κ3) is 25.6. The van der Waals surface area contributed by atoms with Gasteiger partial charge >= 0.3 is 11.9 Å². The Morgan fingerprint density at radius 2 is 0.865 bits per heavy atom. The fourth-order valence-corrected chi connectivity index (χ4v) is 7.15. The van der Waals surface area contributed by atoms with Crippen LogP contribution in [0.2, 0.25) is 0 Å². The first-order valence-electron chi connectivity index (χ1n) is 22.1. The van der Waals surface area contributed by atoms with Gasteiger partial charge in [0.15, 0.2) is 12.2 Å². The van der Waals surface area contributed by atoms with Crippen molar-refractivity contribution in [2.75, 3.05) is 13.1 Å². The fraction of sp³-hybridized carbons (Fsp3) is 0.745. The number of unbranched alkanes of at least 4 members (excludes halogenated alkanes) is 22. The van der Waals surface area contributed by atoms with Crippen molar-refractivity contribution in [2.45, 2.75) is 212 Å². The molecule has 5 heteroatoms. The first-order chi connectivity index (χ1) is 25.6. The maximum Gasteiger partial charge on any atom is 0.306 e. The van der Waals surface area contributed by atoms with Crippen molar-refractivity contribution >= 4 is 11.9 Å². The van der Waals surface area contributed by atoms with Gasteiger partial charge in [-0.1, -0.05) is 171 Å². The lowest BCUT2D eigenvalue weighted by Crippen LogP contribution is -2.33. The average Bonchev–Trinajstić information content (AvgIpc) is 3.51. The third-order valence-electron chi connectivity index (χ3n) is 10.4. The maximum atomic E-state index is 12.9. The van der Waals surface area contributed by atoms with Crippen LogP contribution in [0.3, 0.4) is 0 Å². The molecule has 296 valence electrons. The first kappa shape index (κ1) is 45.8. The van der Waals surface area contributed by atoms with Gasteiger partial charge in [-0.2, -0.15) is 0 Å². The summed E-state index contributed by atoms with van der Waals surface area (Å²) in [7, 11) is 0. The van der Waals surface area contributed by atoms with Crippen LogP contribution in [0.15, 0.2) is 54.6 Å². The maximum absolute atomic E-state index is 12.9. The summed E-state index contributed by atoms with van der Waals surface area (Å²) in [6, 6.07) is 10.3. The Kier molecular flexibility index (Phi) is 29.2. The van der Waals surface area contributed by atoms with Gasteiger partial charge in [-0.3, -0.25) is 14.5 Å². The van der Waals surface area contributed by atoms with Gasteiger partial charge in [0.1, 0.15) is 0 Å². The number of carbonyl (C=O) groups is 2. The van der Waals surface area contributed by atoms with E-state index in [0.29, 0.717) is 25.9 Å². The van der Waals surface area contributed by atoms with Crippen LogP contribution < -0.4 is 0 Å². The van der Waals surface area contributed by atoms with Crippen molar-refractivity contribution in [3.63, 3.8) is 0 Å². The zero-order chi connectivity index (χ0) is 37.2. The lowest BCUT2D eigenvalue weighted by molar-refractivity contribution is -0.164. The molecular weight excluding hydrogens is 643 g/mol. The Labute approximate surface area is 320 Å². The Bertz CT molecular complexity index is 975. The van der Waals surface area contributed by atoms with Crippen molar-refractivity contribution in [2.24, 2.45) is 0 Å². The Balaban J connectivity index is 1.58. The van der Waals surface area contributed by atoms with Gasteiger partial charge in [-0.25, -0.2) is 0 Å². The van der Waals surface area contributed by atoms with Crippen LogP contribution in [-0.2, 0) is 25.6 Å². The SMILES string of the molecule is CCCCCCCCC=CCCCCCCCC(=O)O[C@@H]1CN(Cc2ccccc2)C[C@H]1OC(=O)CCCCCCCC=CCCCCCCCC. The molecule has 1 heterocycles. The van der Waals surface area contributed by atoms with Gasteiger partial charge in [0.05, 0.1) is 0 Å². The summed E-state index contributed by atoms with van der Waals surface area (Å²) in [5.74, 6) is -0.329. The summed E-state index contributed by atoms with van der Waals surface area (Å²) in [5, 5.41) is 0. The molecule has 0 radical (unpaired) electrons. The summed E-state index contributed by atoms with van der Waals surface area (Å²) in [6.45, 7) is 6.48. The summed E-state index contributed by atoms with van der Waals surface area (Å²) < 4.78 is 11.9. The molecule has 5 nitrogen and oxygen atoms in total. The zero-order valence-corrected chi connectivity index (χ0v) is 33.9. The van der Waals surface area contributed by atoms with E-state index in [1.165, 1.54) is 121 Å². The van der Waals surface area contributed by atoms with Crippen molar-refractivity contribution in [1.82, 2.24) is 4.90 Å². The highest BCUT2D eigenvalue weighted by Crippen LogP contribution is 2.22. The Hall–Kier alpha value is -2.40. The van der Waals surface area contributed by atoms with E-state index < -0.39 is 12.2 Å². The van der Waals surface area contributed by atoms with E-state index in [9.17, 15) is 9.59 Å². The summed E-state index contributed by atoms with van der Waals surface area (Å²) >= 11 is 0. The van der Waals surface area contributed by atoms with Gasteiger partial charge in [0.25, 0.3) is 0 Å². The van der Waals surface area contributed by atoms with Crippen LogP contribution in [0.25, 0.3) is 0 Å². The molecule has 1 aromatic carbocycles. The number of nitrogens with zero attached hydrogens (tertiary/aromatic N) is 1. The van der Waals surface area contributed by atoms with Gasteiger partial charge in [-0.15, -0.1) is 0 Å². The second-order valence-corrected chi connectivity index (χ2v) is 15.4. The van der Waals surface area contributed by atoms with E-state index in [0.717, 1.165) is 57.9 Å². The lowest BCUT2D eigenvalue weighted by atomic mass is 10.1. The largest absolute Gasteiger partial charge is 0.457 e. The minimum atomic E-state index is -0.405. The molecule has 0 aromatic heterocycles. The molecule has 0 amide bonds. The number of allylic oxidation sites excluding steroid dienone is 4. The monoisotopic (exact) mass is 722 g/mol. The van der Waals surface area contributed by atoms with E-state index in [1.807, 2.05) is 18.2 Å². The molecule has 0 N–H and O–H groups in total. The molecule has 52 heavy (non-hydrogen) atoms. The highest BCUT2D eigenvalue weighted by atomic mass is 16.6. The topological polar surface area (TPSA) is 55.8 Å². The molecule has 1 saturated heterocycles. The predicted molar refractivity (Wildman–Crippen MR) is 220 cm³/mol. The number of likely N-dealkylation sites (tertiary alicyclic amines) is 1. The molecule has 2 rings (SSSR count). The van der Waals surface area contributed by atoms with Crippen molar-refractivity contribution in [3.05, 3.63) is 60.2 Å². The predicted octanol–water partition coefficient (Wildman–Crippen LogP) is 13.4. The Morgan fingerprint density at radius 3 is 1.25 bits per heavy atom. The molecule has 0 spiro atoms. The van der Waals surface area contributed by atoms with E-state index in [2.05, 4.69) is 55.2 Å². The molecule has 0 aliphatic carbocycles. The van der Waals surface area contributed by atoms with Crippen molar-refractivity contribution < 1.29 is 19.1 Å². The minimum absolute atomic E-state index is 0.164. The number of rotatable bonds is 34. The highest BCUT2D eigenvalue weighted by molar-refractivity contribution is 5.70. The number of ether oxygens (including phenoxy) is 2. The van der Waals surface area contributed by atoms with E-state index in [4.69, 9.17) is 9.47 Å². The lowest BCUT2D eigenvalue weighted by Gasteiger charge is -2.19. The summed E-state index contributed by atoms with van der Waals surface area (Å²) in [4.78, 5) is 28.0. The molecule has 1 aliphatic rings. The van der Waals surface area contributed by atoms with Crippen LogP contribution in [0.4, 0.5) is 0 Å². The number of hydrogen-bond donors (Lipinski definition) is 0. The second kappa shape index (κ2) is 33.2. The number of esters is 2. The van der Waals surface area contributed by atoms with Gasteiger partial charge in [0, 0.05) is 32.5 Å². The molecule has 0 unspecified atom stereocenters. The third-order valence-corrected chi connectivity index (χ3v) is 10.4. The smallest absolute Gasteiger partial charge is 0.306 e. The molecule has 0 saturated carbocycles. The molecule has 0 bridgehead atoms. The van der Waals surface area contributed by atoms with Crippen LogP contribution in [0, 0.1) is 0 Å². The molecule has 1 aromatic rings. The van der Waals surface area contributed by atoms with Gasteiger partial charge in [0.2, 0.25) is 0 Å². The van der Waals surface area contributed by atoms with Gasteiger partial charge < -0.3 is 9.47 Å². The molecular formula is C47H79NO4. The second-order valence-electron chi connectivity index (χ2n) is 15.4. The minimum Gasteiger partial charge on any atom is -0.457 e. The number of benzene rings is 1. The molecule has 2 atom stereocenters.